The van der Waals surface area contributed by atoms with Crippen molar-refractivity contribution in [1.29, 1.82) is 0 Å². The largest absolute Gasteiger partial charge is 0.487 e. The maximum Gasteiger partial charge on any atom is 0.131 e. The molecule has 4 nitrogen and oxygen atoms in total. The molecule has 1 aromatic carbocycles. The van der Waals surface area contributed by atoms with Crippen molar-refractivity contribution < 1.29 is 14.2 Å². The Kier molecular flexibility index (Phi) is 4.30. The summed E-state index contributed by atoms with van der Waals surface area (Å²) in [5, 5.41) is 14.4. The second-order valence-electron chi connectivity index (χ2n) is 4.62. The molecular formula is C14H16ClFN2O2. The number of hydrogen-bond acceptors (Lipinski definition) is 3. The topological polar surface area (TPSA) is 47.3 Å². The van der Waals surface area contributed by atoms with Crippen molar-refractivity contribution in [3.05, 3.63) is 46.0 Å². The van der Waals surface area contributed by atoms with Crippen molar-refractivity contribution in [3.63, 3.8) is 0 Å². The van der Waals surface area contributed by atoms with E-state index >= 15 is 0 Å². The van der Waals surface area contributed by atoms with Gasteiger partial charge >= 0.3 is 0 Å². The Balaban J connectivity index is 2.23. The summed E-state index contributed by atoms with van der Waals surface area (Å²) in [5.41, 5.74) is 1.85. The van der Waals surface area contributed by atoms with Gasteiger partial charge in [-0.2, -0.15) is 5.10 Å². The summed E-state index contributed by atoms with van der Waals surface area (Å²) in [6.07, 6.45) is -0.815. The van der Waals surface area contributed by atoms with Crippen LogP contribution in [0.3, 0.4) is 0 Å². The highest BCUT2D eigenvalue weighted by Gasteiger charge is 2.14. The summed E-state index contributed by atoms with van der Waals surface area (Å²) in [7, 11) is 1.78. The molecule has 2 rings (SSSR count). The number of benzene rings is 1. The average Bonchev–Trinajstić information content (AvgIpc) is 2.62. The number of aliphatic hydroxyl groups excluding tert-OH is 1. The number of aromatic nitrogens is 2. The zero-order chi connectivity index (χ0) is 14.9. The third-order valence-electron chi connectivity index (χ3n) is 3.05. The number of nitrogens with zero attached hydrogens (tertiary/aromatic N) is 2. The van der Waals surface area contributed by atoms with Crippen LogP contribution in [0, 0.1) is 12.7 Å². The number of hydrogen-bond donors (Lipinski definition) is 1. The van der Waals surface area contributed by atoms with Crippen molar-refractivity contribution in [2.45, 2.75) is 26.6 Å². The highest BCUT2D eigenvalue weighted by atomic mass is 35.5. The second-order valence-corrected chi connectivity index (χ2v) is 4.99. The highest BCUT2D eigenvalue weighted by Crippen LogP contribution is 2.28. The lowest BCUT2D eigenvalue weighted by Gasteiger charge is -2.13. The van der Waals surface area contributed by atoms with Gasteiger partial charge in [-0.1, -0.05) is 11.6 Å². The number of halogens is 2. The molecule has 0 saturated carbocycles. The molecule has 1 heterocycles. The lowest BCUT2D eigenvalue weighted by atomic mass is 10.1. The van der Waals surface area contributed by atoms with Gasteiger partial charge in [0.1, 0.15) is 18.2 Å². The average molecular weight is 299 g/mol. The maximum atomic E-state index is 13.2. The first-order valence-corrected chi connectivity index (χ1v) is 6.56. The van der Waals surface area contributed by atoms with E-state index in [0.29, 0.717) is 16.3 Å². The fourth-order valence-corrected chi connectivity index (χ4v) is 2.17. The fraction of sp³-hybridized carbons (Fsp3) is 0.357. The summed E-state index contributed by atoms with van der Waals surface area (Å²) >= 11 is 6.14. The van der Waals surface area contributed by atoms with Gasteiger partial charge in [0.25, 0.3) is 0 Å². The van der Waals surface area contributed by atoms with Crippen molar-refractivity contribution >= 4 is 11.6 Å². The molecular weight excluding hydrogens is 283 g/mol. The molecule has 0 amide bonds. The predicted molar refractivity (Wildman–Crippen MR) is 74.3 cm³/mol. The van der Waals surface area contributed by atoms with Crippen LogP contribution in [0.2, 0.25) is 5.02 Å². The van der Waals surface area contributed by atoms with Gasteiger partial charge in [0.2, 0.25) is 0 Å². The van der Waals surface area contributed by atoms with E-state index in [2.05, 4.69) is 5.10 Å². The number of rotatable bonds is 4. The smallest absolute Gasteiger partial charge is 0.131 e. The van der Waals surface area contributed by atoms with Crippen LogP contribution in [0.1, 0.15) is 30.0 Å². The molecule has 0 saturated heterocycles. The van der Waals surface area contributed by atoms with Crippen LogP contribution >= 0.6 is 11.6 Å². The lowest BCUT2D eigenvalue weighted by molar-refractivity contribution is 0.189. The van der Waals surface area contributed by atoms with Crippen LogP contribution in [0.15, 0.2) is 18.2 Å². The third-order valence-corrected chi connectivity index (χ3v) is 3.54. The molecule has 1 N–H and O–H groups in total. The quantitative estimate of drug-likeness (QED) is 0.943. The zero-order valence-electron chi connectivity index (χ0n) is 11.5. The van der Waals surface area contributed by atoms with Gasteiger partial charge in [-0.05, 0) is 32.0 Å². The normalized spacial score (nSPS) is 12.5. The van der Waals surface area contributed by atoms with Gasteiger partial charge in [0.15, 0.2) is 0 Å². The first-order valence-electron chi connectivity index (χ1n) is 6.18. The molecule has 1 aromatic heterocycles. The minimum absolute atomic E-state index is 0.196. The highest BCUT2D eigenvalue weighted by molar-refractivity contribution is 6.31. The summed E-state index contributed by atoms with van der Waals surface area (Å²) in [6, 6.07) is 4.04. The summed E-state index contributed by atoms with van der Waals surface area (Å²) in [5.74, 6) is 0.0129. The molecule has 2 aromatic rings. The van der Waals surface area contributed by atoms with Gasteiger partial charge in [-0.15, -0.1) is 0 Å². The van der Waals surface area contributed by atoms with Gasteiger partial charge in [0.05, 0.1) is 22.5 Å². The molecule has 0 spiro atoms. The molecule has 0 radical (unpaired) electrons. The molecule has 1 atom stereocenters. The Hall–Kier alpha value is -1.59. The number of ether oxygens (including phenoxy) is 1. The summed E-state index contributed by atoms with van der Waals surface area (Å²) in [4.78, 5) is 0. The third kappa shape index (κ3) is 2.94. The van der Waals surface area contributed by atoms with Crippen LogP contribution in [0.4, 0.5) is 4.39 Å². The van der Waals surface area contributed by atoms with E-state index < -0.39 is 11.9 Å². The van der Waals surface area contributed by atoms with Crippen LogP contribution in [0.5, 0.6) is 5.75 Å². The van der Waals surface area contributed by atoms with Crippen molar-refractivity contribution in [2.24, 2.45) is 7.05 Å². The zero-order valence-corrected chi connectivity index (χ0v) is 12.3. The Bertz CT molecular complexity index is 626. The van der Waals surface area contributed by atoms with Gasteiger partial charge in [0, 0.05) is 12.6 Å². The Morgan fingerprint density at radius 2 is 2.20 bits per heavy atom. The minimum atomic E-state index is -0.815. The molecule has 0 aliphatic rings. The van der Waals surface area contributed by atoms with Gasteiger partial charge < -0.3 is 9.84 Å². The molecule has 6 heteroatoms. The fourth-order valence-electron chi connectivity index (χ4n) is 1.96. The van der Waals surface area contributed by atoms with Crippen molar-refractivity contribution in [1.82, 2.24) is 9.78 Å². The maximum absolute atomic E-state index is 13.2. The lowest BCUT2D eigenvalue weighted by Crippen LogP contribution is -2.06. The number of aryl methyl sites for hydroxylation is 2. The van der Waals surface area contributed by atoms with Crippen molar-refractivity contribution in [2.75, 3.05) is 0 Å². The predicted octanol–water partition coefficient (Wildman–Crippen LogP) is 3.15. The standard InChI is InChI=1S/C14H16ClFN2O2/c1-8-14(15)12(18(3)17-8)7-20-13-5-4-10(16)6-11(13)9(2)19/h4-6,9,19H,7H2,1-3H3. The van der Waals surface area contributed by atoms with E-state index in [-0.39, 0.29) is 6.61 Å². The van der Waals surface area contributed by atoms with Crippen LogP contribution in [0.25, 0.3) is 0 Å². The summed E-state index contributed by atoms with van der Waals surface area (Å²) in [6.45, 7) is 3.56. The van der Waals surface area contributed by atoms with Crippen molar-refractivity contribution in [3.8, 4) is 5.75 Å². The molecule has 108 valence electrons. The molecule has 0 fully saturated rings. The van der Waals surface area contributed by atoms with Crippen LogP contribution in [-0.4, -0.2) is 14.9 Å². The van der Waals surface area contributed by atoms with E-state index in [4.69, 9.17) is 16.3 Å². The molecule has 0 bridgehead atoms. The van der Waals surface area contributed by atoms with Gasteiger partial charge in [-0.3, -0.25) is 4.68 Å². The van der Waals surface area contributed by atoms with E-state index in [0.717, 1.165) is 11.4 Å². The molecule has 0 aliphatic carbocycles. The Morgan fingerprint density at radius 3 is 2.75 bits per heavy atom. The van der Waals surface area contributed by atoms with Crippen LogP contribution in [-0.2, 0) is 13.7 Å². The van der Waals surface area contributed by atoms with Crippen LogP contribution < -0.4 is 4.74 Å². The Labute approximate surface area is 121 Å². The van der Waals surface area contributed by atoms with E-state index in [1.54, 1.807) is 18.7 Å². The van der Waals surface area contributed by atoms with E-state index in [9.17, 15) is 9.50 Å². The minimum Gasteiger partial charge on any atom is -0.487 e. The molecule has 1 unspecified atom stereocenters. The molecule has 0 aliphatic heterocycles. The first kappa shape index (κ1) is 14.8. The monoisotopic (exact) mass is 298 g/mol. The second kappa shape index (κ2) is 5.81. The van der Waals surface area contributed by atoms with E-state index in [1.165, 1.54) is 18.2 Å². The molecule has 20 heavy (non-hydrogen) atoms. The first-order chi connectivity index (χ1) is 9.40. The number of aliphatic hydroxyl groups is 1. The Morgan fingerprint density at radius 1 is 1.50 bits per heavy atom. The van der Waals surface area contributed by atoms with E-state index in [1.807, 2.05) is 6.92 Å². The van der Waals surface area contributed by atoms with Gasteiger partial charge in [-0.25, -0.2) is 4.39 Å². The SMILES string of the molecule is Cc1nn(C)c(COc2ccc(F)cc2C(C)O)c1Cl. The summed E-state index contributed by atoms with van der Waals surface area (Å²) < 4.78 is 20.5.